The van der Waals surface area contributed by atoms with E-state index in [0.717, 1.165) is 17.0 Å². The molecule has 0 fully saturated rings. The molecule has 5 nitrogen and oxygen atoms in total. The standard InChI is InChI=1S/C12H21N3O2/c1-8-10(9(2)15-14-8)5-11(17)13-6-12(3,4)7-16/h16H,5-7H2,1-4H3,(H,13,17)(H,14,15). The van der Waals surface area contributed by atoms with Gasteiger partial charge in [-0.2, -0.15) is 5.10 Å². The second-order valence-corrected chi connectivity index (χ2v) is 5.19. The summed E-state index contributed by atoms with van der Waals surface area (Å²) in [6.45, 7) is 8.11. The Hall–Kier alpha value is -1.36. The number of H-pyrrole nitrogens is 1. The predicted molar refractivity (Wildman–Crippen MR) is 65.6 cm³/mol. The summed E-state index contributed by atoms with van der Waals surface area (Å²) in [5.41, 5.74) is 2.46. The molecule has 1 aromatic rings. The number of aromatic amines is 1. The number of hydrogen-bond donors (Lipinski definition) is 3. The molecule has 1 heterocycles. The number of nitrogens with one attached hydrogen (secondary N) is 2. The topological polar surface area (TPSA) is 78.0 Å². The van der Waals surface area contributed by atoms with E-state index in [1.807, 2.05) is 27.7 Å². The zero-order valence-corrected chi connectivity index (χ0v) is 10.9. The lowest BCUT2D eigenvalue weighted by Gasteiger charge is -2.21. The predicted octanol–water partition coefficient (Wildman–Crippen LogP) is 0.704. The monoisotopic (exact) mass is 239 g/mol. The maximum atomic E-state index is 11.7. The molecule has 0 aliphatic carbocycles. The number of aromatic nitrogens is 2. The van der Waals surface area contributed by atoms with Crippen LogP contribution in [0.15, 0.2) is 0 Å². The van der Waals surface area contributed by atoms with Gasteiger partial charge in [0.05, 0.1) is 12.1 Å². The summed E-state index contributed by atoms with van der Waals surface area (Å²) < 4.78 is 0. The third-order valence-corrected chi connectivity index (χ3v) is 2.81. The van der Waals surface area contributed by atoms with Crippen molar-refractivity contribution in [2.75, 3.05) is 13.2 Å². The van der Waals surface area contributed by atoms with Gasteiger partial charge in [0.1, 0.15) is 0 Å². The molecule has 0 aliphatic rings. The zero-order valence-electron chi connectivity index (χ0n) is 10.9. The van der Waals surface area contributed by atoms with Gasteiger partial charge in [-0.3, -0.25) is 9.89 Å². The fourth-order valence-corrected chi connectivity index (χ4v) is 1.45. The molecule has 0 radical (unpaired) electrons. The van der Waals surface area contributed by atoms with E-state index < -0.39 is 0 Å². The Kier molecular flexibility index (Phi) is 4.28. The second kappa shape index (κ2) is 5.31. The maximum Gasteiger partial charge on any atom is 0.224 e. The van der Waals surface area contributed by atoms with Crippen molar-refractivity contribution in [2.24, 2.45) is 5.41 Å². The lowest BCUT2D eigenvalue weighted by molar-refractivity contribution is -0.121. The molecule has 1 rings (SSSR count). The van der Waals surface area contributed by atoms with Crippen molar-refractivity contribution in [3.63, 3.8) is 0 Å². The molecule has 1 aromatic heterocycles. The van der Waals surface area contributed by atoms with Crippen molar-refractivity contribution in [3.8, 4) is 0 Å². The Labute approximate surface area is 102 Å². The molecular formula is C12H21N3O2. The van der Waals surface area contributed by atoms with Gasteiger partial charge in [-0.15, -0.1) is 0 Å². The van der Waals surface area contributed by atoms with Gasteiger partial charge in [-0.1, -0.05) is 13.8 Å². The third-order valence-electron chi connectivity index (χ3n) is 2.81. The van der Waals surface area contributed by atoms with Crippen molar-refractivity contribution < 1.29 is 9.90 Å². The van der Waals surface area contributed by atoms with Crippen molar-refractivity contribution in [2.45, 2.75) is 34.1 Å². The largest absolute Gasteiger partial charge is 0.396 e. The van der Waals surface area contributed by atoms with E-state index in [1.165, 1.54) is 0 Å². The molecule has 0 saturated heterocycles. The van der Waals surface area contributed by atoms with Gasteiger partial charge in [0, 0.05) is 29.8 Å². The first-order valence-electron chi connectivity index (χ1n) is 5.74. The number of aliphatic hydroxyl groups is 1. The molecule has 0 aromatic carbocycles. The highest BCUT2D eigenvalue weighted by atomic mass is 16.3. The van der Waals surface area contributed by atoms with E-state index in [-0.39, 0.29) is 17.9 Å². The van der Waals surface area contributed by atoms with Crippen LogP contribution in [0.1, 0.15) is 30.8 Å². The van der Waals surface area contributed by atoms with E-state index in [2.05, 4.69) is 15.5 Å². The molecule has 3 N–H and O–H groups in total. The molecule has 96 valence electrons. The van der Waals surface area contributed by atoms with Crippen LogP contribution in [0.25, 0.3) is 0 Å². The molecule has 5 heteroatoms. The van der Waals surface area contributed by atoms with Gasteiger partial charge in [-0.05, 0) is 13.8 Å². The zero-order chi connectivity index (χ0) is 13.1. The Morgan fingerprint density at radius 3 is 2.59 bits per heavy atom. The van der Waals surface area contributed by atoms with Crippen LogP contribution < -0.4 is 5.32 Å². The van der Waals surface area contributed by atoms with Gasteiger partial charge < -0.3 is 10.4 Å². The van der Waals surface area contributed by atoms with Gasteiger partial charge in [-0.25, -0.2) is 0 Å². The molecule has 1 amide bonds. The average molecular weight is 239 g/mol. The number of carbonyl (C=O) groups excluding carboxylic acids is 1. The summed E-state index contributed by atoms with van der Waals surface area (Å²) >= 11 is 0. The summed E-state index contributed by atoms with van der Waals surface area (Å²) in [5.74, 6) is -0.0425. The highest BCUT2D eigenvalue weighted by Crippen LogP contribution is 2.12. The molecule has 0 bridgehead atoms. The number of hydrogen-bond acceptors (Lipinski definition) is 3. The lowest BCUT2D eigenvalue weighted by atomic mass is 9.95. The molecule has 17 heavy (non-hydrogen) atoms. The Balaban J connectivity index is 2.51. The smallest absolute Gasteiger partial charge is 0.224 e. The molecule has 0 unspecified atom stereocenters. The Morgan fingerprint density at radius 2 is 2.12 bits per heavy atom. The lowest BCUT2D eigenvalue weighted by Crippen LogP contribution is -2.36. The van der Waals surface area contributed by atoms with Gasteiger partial charge in [0.2, 0.25) is 5.91 Å². The van der Waals surface area contributed by atoms with Crippen molar-refractivity contribution >= 4 is 5.91 Å². The molecule has 0 aliphatic heterocycles. The maximum absolute atomic E-state index is 11.7. The second-order valence-electron chi connectivity index (χ2n) is 5.19. The van der Waals surface area contributed by atoms with Gasteiger partial charge in [0.15, 0.2) is 0 Å². The number of aryl methyl sites for hydroxylation is 2. The molecule has 0 saturated carbocycles. The van der Waals surface area contributed by atoms with Crippen LogP contribution in [0.2, 0.25) is 0 Å². The van der Waals surface area contributed by atoms with E-state index in [0.29, 0.717) is 13.0 Å². The van der Waals surface area contributed by atoms with Gasteiger partial charge in [0.25, 0.3) is 0 Å². The van der Waals surface area contributed by atoms with Crippen LogP contribution in [0, 0.1) is 19.3 Å². The molecule has 0 spiro atoms. The first kappa shape index (κ1) is 13.7. The van der Waals surface area contributed by atoms with E-state index in [4.69, 9.17) is 5.11 Å². The van der Waals surface area contributed by atoms with Crippen molar-refractivity contribution in [3.05, 3.63) is 17.0 Å². The first-order chi connectivity index (χ1) is 7.85. The van der Waals surface area contributed by atoms with Crippen molar-refractivity contribution in [1.29, 1.82) is 0 Å². The SMILES string of the molecule is Cc1n[nH]c(C)c1CC(=O)NCC(C)(C)CO. The highest BCUT2D eigenvalue weighted by molar-refractivity contribution is 5.79. The minimum absolute atomic E-state index is 0.0425. The summed E-state index contributed by atoms with van der Waals surface area (Å²) in [6.07, 6.45) is 0.329. The summed E-state index contributed by atoms with van der Waals surface area (Å²) in [6, 6.07) is 0. The average Bonchev–Trinajstić information content (AvgIpc) is 2.58. The Bertz CT molecular complexity index is 377. The van der Waals surface area contributed by atoms with E-state index in [9.17, 15) is 4.79 Å². The number of aliphatic hydroxyl groups excluding tert-OH is 1. The number of rotatable bonds is 5. The van der Waals surface area contributed by atoms with Crippen LogP contribution in [-0.2, 0) is 11.2 Å². The highest BCUT2D eigenvalue weighted by Gasteiger charge is 2.18. The van der Waals surface area contributed by atoms with Crippen LogP contribution in [0.3, 0.4) is 0 Å². The van der Waals surface area contributed by atoms with Crippen LogP contribution in [0.4, 0.5) is 0 Å². The molecular weight excluding hydrogens is 218 g/mol. The fourth-order valence-electron chi connectivity index (χ4n) is 1.45. The number of amides is 1. The quantitative estimate of drug-likeness (QED) is 0.708. The summed E-state index contributed by atoms with van der Waals surface area (Å²) in [5, 5.41) is 18.8. The Morgan fingerprint density at radius 1 is 1.47 bits per heavy atom. The summed E-state index contributed by atoms with van der Waals surface area (Å²) in [4.78, 5) is 11.7. The van der Waals surface area contributed by atoms with E-state index in [1.54, 1.807) is 0 Å². The van der Waals surface area contributed by atoms with Crippen LogP contribution in [0.5, 0.6) is 0 Å². The van der Waals surface area contributed by atoms with Crippen LogP contribution >= 0.6 is 0 Å². The summed E-state index contributed by atoms with van der Waals surface area (Å²) in [7, 11) is 0. The minimum Gasteiger partial charge on any atom is -0.396 e. The first-order valence-corrected chi connectivity index (χ1v) is 5.74. The number of carbonyl (C=O) groups is 1. The van der Waals surface area contributed by atoms with Crippen LogP contribution in [-0.4, -0.2) is 34.4 Å². The van der Waals surface area contributed by atoms with E-state index >= 15 is 0 Å². The normalized spacial score (nSPS) is 11.6. The number of nitrogens with zero attached hydrogens (tertiary/aromatic N) is 1. The third kappa shape index (κ3) is 3.85. The van der Waals surface area contributed by atoms with Gasteiger partial charge >= 0.3 is 0 Å². The fraction of sp³-hybridized carbons (Fsp3) is 0.667. The van der Waals surface area contributed by atoms with Crippen molar-refractivity contribution in [1.82, 2.24) is 15.5 Å². The molecule has 0 atom stereocenters. The minimum atomic E-state index is -0.282.